The summed E-state index contributed by atoms with van der Waals surface area (Å²) in [5, 5.41) is 12.4. The molecule has 2 N–H and O–H groups in total. The first-order valence-electron chi connectivity index (χ1n) is 7.87. The first kappa shape index (κ1) is 15.3. The van der Waals surface area contributed by atoms with E-state index in [1.54, 1.807) is 0 Å². The number of hydrogen-bond donors (Lipinski definition) is 2. The molecule has 1 saturated heterocycles. The van der Waals surface area contributed by atoms with E-state index in [4.69, 9.17) is 5.11 Å². The van der Waals surface area contributed by atoms with Gasteiger partial charge in [0.05, 0.1) is 5.92 Å². The maximum absolute atomic E-state index is 12.7. The second-order valence-electron chi connectivity index (χ2n) is 6.06. The van der Waals surface area contributed by atoms with Crippen LogP contribution in [0.3, 0.4) is 0 Å². The van der Waals surface area contributed by atoms with E-state index >= 15 is 0 Å². The number of aliphatic carboxylic acids is 1. The van der Waals surface area contributed by atoms with Crippen molar-refractivity contribution in [2.45, 2.75) is 51.5 Å². The third-order valence-corrected chi connectivity index (χ3v) is 4.63. The van der Waals surface area contributed by atoms with Gasteiger partial charge in [-0.2, -0.15) is 0 Å². The fraction of sp³-hybridized carbons (Fsp3) is 0.867. The molecule has 1 heterocycles. The molecule has 0 radical (unpaired) electrons. The molecular formula is C15H26N2O3. The van der Waals surface area contributed by atoms with Gasteiger partial charge in [-0.05, 0) is 51.6 Å². The van der Waals surface area contributed by atoms with E-state index in [-0.39, 0.29) is 17.7 Å². The summed E-state index contributed by atoms with van der Waals surface area (Å²) in [6.45, 7) is 4.84. The Morgan fingerprint density at radius 3 is 2.35 bits per heavy atom. The van der Waals surface area contributed by atoms with Crippen molar-refractivity contribution < 1.29 is 14.7 Å². The Kier molecular flexibility index (Phi) is 5.40. The molecule has 2 atom stereocenters. The number of piperidine rings is 1. The molecule has 1 aliphatic heterocycles. The van der Waals surface area contributed by atoms with Crippen molar-refractivity contribution in [1.82, 2.24) is 10.2 Å². The zero-order valence-corrected chi connectivity index (χ0v) is 12.3. The summed E-state index contributed by atoms with van der Waals surface area (Å²) in [7, 11) is 0. The average Bonchev–Trinajstić information content (AvgIpc) is 2.95. The highest BCUT2D eigenvalue weighted by Crippen LogP contribution is 2.33. The van der Waals surface area contributed by atoms with Crippen LogP contribution in [0.2, 0.25) is 0 Å². The molecule has 1 amide bonds. The molecule has 2 fully saturated rings. The quantitative estimate of drug-likeness (QED) is 0.801. The van der Waals surface area contributed by atoms with Crippen molar-refractivity contribution >= 4 is 11.9 Å². The van der Waals surface area contributed by atoms with Crippen LogP contribution in [0, 0.1) is 11.8 Å². The van der Waals surface area contributed by atoms with Crippen LogP contribution >= 0.6 is 0 Å². The second kappa shape index (κ2) is 7.07. The van der Waals surface area contributed by atoms with Gasteiger partial charge in [-0.1, -0.05) is 6.92 Å². The van der Waals surface area contributed by atoms with Crippen LogP contribution < -0.4 is 5.32 Å². The molecule has 0 bridgehead atoms. The molecule has 114 valence electrons. The number of nitrogens with one attached hydrogen (secondary N) is 1. The number of amides is 1. The van der Waals surface area contributed by atoms with E-state index in [0.717, 1.165) is 45.3 Å². The Morgan fingerprint density at radius 1 is 1.15 bits per heavy atom. The summed E-state index contributed by atoms with van der Waals surface area (Å²) >= 11 is 0. The SMILES string of the molecule is CCCN(C(=O)[C@@H]1CC[C@H](C(=O)O)C1)C1CCNCC1. The molecule has 0 unspecified atom stereocenters. The number of carbonyl (C=O) groups excluding carboxylic acids is 1. The van der Waals surface area contributed by atoms with Gasteiger partial charge in [0.2, 0.25) is 5.91 Å². The first-order valence-corrected chi connectivity index (χ1v) is 7.87. The minimum absolute atomic E-state index is 0.0717. The minimum Gasteiger partial charge on any atom is -0.481 e. The minimum atomic E-state index is -0.746. The fourth-order valence-electron chi connectivity index (χ4n) is 3.50. The monoisotopic (exact) mass is 282 g/mol. The Bertz CT molecular complexity index is 353. The second-order valence-corrected chi connectivity index (χ2v) is 6.06. The third-order valence-electron chi connectivity index (χ3n) is 4.63. The van der Waals surface area contributed by atoms with Crippen LogP contribution in [0.1, 0.15) is 45.4 Å². The predicted octanol–water partition coefficient (Wildman–Crippen LogP) is 1.48. The van der Waals surface area contributed by atoms with E-state index in [0.29, 0.717) is 18.9 Å². The Labute approximate surface area is 120 Å². The Morgan fingerprint density at radius 2 is 1.80 bits per heavy atom. The highest BCUT2D eigenvalue weighted by atomic mass is 16.4. The van der Waals surface area contributed by atoms with Crippen molar-refractivity contribution in [1.29, 1.82) is 0 Å². The van der Waals surface area contributed by atoms with Gasteiger partial charge in [0.15, 0.2) is 0 Å². The number of nitrogens with zero attached hydrogens (tertiary/aromatic N) is 1. The lowest BCUT2D eigenvalue weighted by molar-refractivity contribution is -0.142. The van der Waals surface area contributed by atoms with Gasteiger partial charge in [-0.25, -0.2) is 0 Å². The Balaban J connectivity index is 1.98. The third kappa shape index (κ3) is 3.51. The lowest BCUT2D eigenvalue weighted by atomic mass is 9.99. The molecule has 0 aromatic rings. The van der Waals surface area contributed by atoms with Crippen LogP contribution in [0.25, 0.3) is 0 Å². The molecular weight excluding hydrogens is 256 g/mol. The van der Waals surface area contributed by atoms with E-state index in [1.807, 2.05) is 4.90 Å². The van der Waals surface area contributed by atoms with Crippen LogP contribution in [0.4, 0.5) is 0 Å². The van der Waals surface area contributed by atoms with Gasteiger partial charge >= 0.3 is 5.97 Å². The maximum Gasteiger partial charge on any atom is 0.306 e. The van der Waals surface area contributed by atoms with Crippen molar-refractivity contribution in [2.24, 2.45) is 11.8 Å². The summed E-state index contributed by atoms with van der Waals surface area (Å²) in [5.41, 5.74) is 0. The number of carboxylic acid groups (broad SMARTS) is 1. The van der Waals surface area contributed by atoms with Crippen LogP contribution in [0.5, 0.6) is 0 Å². The number of carboxylic acids is 1. The maximum atomic E-state index is 12.7. The highest BCUT2D eigenvalue weighted by Gasteiger charge is 2.37. The molecule has 20 heavy (non-hydrogen) atoms. The topological polar surface area (TPSA) is 69.6 Å². The largest absolute Gasteiger partial charge is 0.481 e. The number of carbonyl (C=O) groups is 2. The lowest BCUT2D eigenvalue weighted by Gasteiger charge is -2.36. The predicted molar refractivity (Wildman–Crippen MR) is 76.4 cm³/mol. The molecule has 0 spiro atoms. The summed E-state index contributed by atoms with van der Waals surface area (Å²) in [6.07, 6.45) is 4.91. The zero-order chi connectivity index (χ0) is 14.5. The molecule has 0 aromatic heterocycles. The molecule has 2 rings (SSSR count). The Hall–Kier alpha value is -1.10. The molecule has 1 saturated carbocycles. The fourth-order valence-corrected chi connectivity index (χ4v) is 3.50. The van der Waals surface area contributed by atoms with Crippen molar-refractivity contribution in [3.05, 3.63) is 0 Å². The van der Waals surface area contributed by atoms with E-state index in [2.05, 4.69) is 12.2 Å². The molecule has 0 aromatic carbocycles. The van der Waals surface area contributed by atoms with Crippen molar-refractivity contribution in [2.75, 3.05) is 19.6 Å². The van der Waals surface area contributed by atoms with Gasteiger partial charge in [-0.15, -0.1) is 0 Å². The van der Waals surface area contributed by atoms with E-state index < -0.39 is 5.97 Å². The smallest absolute Gasteiger partial charge is 0.306 e. The van der Waals surface area contributed by atoms with Gasteiger partial charge in [0.1, 0.15) is 0 Å². The summed E-state index contributed by atoms with van der Waals surface area (Å²) in [4.78, 5) is 25.8. The summed E-state index contributed by atoms with van der Waals surface area (Å²) < 4.78 is 0. The van der Waals surface area contributed by atoms with Crippen molar-refractivity contribution in [3.8, 4) is 0 Å². The summed E-state index contributed by atoms with van der Waals surface area (Å²) in [5.74, 6) is -0.940. The van der Waals surface area contributed by atoms with Crippen LogP contribution in [-0.4, -0.2) is 47.6 Å². The lowest BCUT2D eigenvalue weighted by Crippen LogP contribution is -2.48. The van der Waals surface area contributed by atoms with Crippen molar-refractivity contribution in [3.63, 3.8) is 0 Å². The molecule has 5 heteroatoms. The van der Waals surface area contributed by atoms with Gasteiger partial charge in [-0.3, -0.25) is 9.59 Å². The van der Waals surface area contributed by atoms with Gasteiger partial charge < -0.3 is 15.3 Å². The number of hydrogen-bond acceptors (Lipinski definition) is 3. The first-order chi connectivity index (χ1) is 9.63. The zero-order valence-electron chi connectivity index (χ0n) is 12.3. The highest BCUT2D eigenvalue weighted by molar-refractivity contribution is 5.81. The van der Waals surface area contributed by atoms with Crippen LogP contribution in [0.15, 0.2) is 0 Å². The summed E-state index contributed by atoms with van der Waals surface area (Å²) in [6, 6.07) is 0.340. The molecule has 1 aliphatic carbocycles. The number of rotatable bonds is 5. The van der Waals surface area contributed by atoms with E-state index in [9.17, 15) is 9.59 Å². The van der Waals surface area contributed by atoms with E-state index in [1.165, 1.54) is 0 Å². The van der Waals surface area contributed by atoms with Gasteiger partial charge in [0.25, 0.3) is 0 Å². The standard InChI is InChI=1S/C15H26N2O3/c1-2-9-17(13-5-7-16-8-6-13)14(18)11-3-4-12(10-11)15(19)20/h11-13,16H,2-10H2,1H3,(H,19,20)/t11-,12+/m1/s1. The molecule has 5 nitrogen and oxygen atoms in total. The average molecular weight is 282 g/mol. The van der Waals surface area contributed by atoms with Gasteiger partial charge in [0, 0.05) is 18.5 Å². The molecule has 2 aliphatic rings. The normalized spacial score (nSPS) is 27.4. The van der Waals surface area contributed by atoms with Crippen LogP contribution in [-0.2, 0) is 9.59 Å².